The van der Waals surface area contributed by atoms with Crippen molar-refractivity contribution in [3.05, 3.63) is 87.1 Å². The summed E-state index contributed by atoms with van der Waals surface area (Å²) in [5.41, 5.74) is -3.89. The summed E-state index contributed by atoms with van der Waals surface area (Å²) in [6, 6.07) is 8.87. The van der Waals surface area contributed by atoms with Crippen molar-refractivity contribution in [1.82, 2.24) is 30.1 Å². The monoisotopic (exact) mass is 986 g/mol. The van der Waals surface area contributed by atoms with Gasteiger partial charge in [-0.3, -0.25) is 9.88 Å². The van der Waals surface area contributed by atoms with E-state index in [2.05, 4.69) is 20.7 Å². The van der Waals surface area contributed by atoms with Crippen LogP contribution < -0.4 is 16.3 Å². The standard InChI is InChI=1S/C23H23F6N4O6P.2C7H17NO5/c1-13(15-9-16(22(24,25)26)11-17(10-15)23(27,28)29)39-20-19(14-5-3-2-4-6-14)32(7-8-38-20)12-18-30-21(34)33(31-18)40(35,36)37;2*1-8-2-4(10)6(12)7(13)5(11)3-9/h2-6,9-11,13,19-20H,7-8,12H2,1H3,(H,30,31,34)(H2,35,36,37);2*4-13H,2-3H2,1H3/t13-,19-,20+;2*4-,5+,6+,7+/m100/s1. The van der Waals surface area contributed by atoms with Crippen molar-refractivity contribution >= 4 is 7.75 Å². The fourth-order valence-corrected chi connectivity index (χ4v) is 6.59. The average Bonchev–Trinajstić information content (AvgIpc) is 3.65. The fourth-order valence-electron chi connectivity index (χ4n) is 6.08. The maximum absolute atomic E-state index is 13.4. The molecule has 1 aromatic heterocycles. The van der Waals surface area contributed by atoms with Crippen molar-refractivity contribution in [3.63, 3.8) is 0 Å². The Morgan fingerprint density at radius 2 is 1.26 bits per heavy atom. The van der Waals surface area contributed by atoms with Crippen LogP contribution in [-0.2, 0) is 32.9 Å². The highest BCUT2D eigenvalue weighted by Crippen LogP contribution is 2.40. The first-order valence-corrected chi connectivity index (χ1v) is 21.2. The molecule has 0 radical (unpaired) electrons. The zero-order valence-electron chi connectivity index (χ0n) is 35.5. The molecule has 1 saturated heterocycles. The topological polar surface area (TPSA) is 356 Å². The van der Waals surface area contributed by atoms with E-state index in [-0.39, 0.29) is 54.7 Å². The van der Waals surface area contributed by atoms with Gasteiger partial charge in [0.15, 0.2) is 6.29 Å². The van der Waals surface area contributed by atoms with Gasteiger partial charge in [0.2, 0.25) is 0 Å². The largest absolute Gasteiger partial charge is 0.454 e. The van der Waals surface area contributed by atoms with Crippen LogP contribution in [0.3, 0.4) is 0 Å². The Bertz CT molecular complexity index is 1920. The molecule has 1 fully saturated rings. The highest BCUT2D eigenvalue weighted by molar-refractivity contribution is 7.49. The Kier molecular flexibility index (Phi) is 23.4. The summed E-state index contributed by atoms with van der Waals surface area (Å²) in [6.45, 7) is 0.225. The van der Waals surface area contributed by atoms with Gasteiger partial charge in [0.05, 0.1) is 61.8 Å². The molecule has 11 atom stereocenters. The van der Waals surface area contributed by atoms with E-state index in [1.54, 1.807) is 49.3 Å². The molecule has 66 heavy (non-hydrogen) atoms. The first-order valence-electron chi connectivity index (χ1n) is 19.7. The minimum atomic E-state index is -5.03. The number of aromatic amines is 1. The van der Waals surface area contributed by atoms with Crippen LogP contribution >= 0.6 is 7.75 Å². The van der Waals surface area contributed by atoms with Crippen LogP contribution in [-0.4, -0.2) is 189 Å². The van der Waals surface area contributed by atoms with Gasteiger partial charge in [-0.1, -0.05) is 30.3 Å². The summed E-state index contributed by atoms with van der Waals surface area (Å²) >= 11 is 0. The number of ether oxygens (including phenoxy) is 2. The molecule has 0 aliphatic carbocycles. The number of halogens is 6. The van der Waals surface area contributed by atoms with Crippen LogP contribution in [0.1, 0.15) is 47.1 Å². The lowest BCUT2D eigenvalue weighted by Crippen LogP contribution is -2.48. The van der Waals surface area contributed by atoms with Crippen molar-refractivity contribution in [2.24, 2.45) is 0 Å². The number of hydrogen-bond donors (Lipinski definition) is 15. The molecule has 29 heteroatoms. The third-order valence-corrected chi connectivity index (χ3v) is 10.4. The van der Waals surface area contributed by atoms with Gasteiger partial charge < -0.3 is 81.0 Å². The lowest BCUT2D eigenvalue weighted by Gasteiger charge is -2.41. The third-order valence-electron chi connectivity index (χ3n) is 9.60. The number of hydrogen-bond acceptors (Lipinski definition) is 18. The van der Waals surface area contributed by atoms with E-state index in [9.17, 15) is 55.7 Å². The Hall–Kier alpha value is -3.49. The van der Waals surface area contributed by atoms with Gasteiger partial charge in [0.25, 0.3) is 0 Å². The normalized spacial score (nSPS) is 20.3. The maximum atomic E-state index is 13.4. The summed E-state index contributed by atoms with van der Waals surface area (Å²) in [5, 5.41) is 98.6. The molecule has 2 heterocycles. The van der Waals surface area contributed by atoms with Gasteiger partial charge in [-0.2, -0.15) is 26.3 Å². The Labute approximate surface area is 372 Å². The predicted molar refractivity (Wildman–Crippen MR) is 216 cm³/mol. The van der Waals surface area contributed by atoms with Gasteiger partial charge in [-0.15, -0.1) is 9.55 Å². The maximum Gasteiger partial charge on any atom is 0.454 e. The van der Waals surface area contributed by atoms with Gasteiger partial charge in [0.1, 0.15) is 42.4 Å². The van der Waals surface area contributed by atoms with Gasteiger partial charge in [0, 0.05) is 19.6 Å². The quantitative estimate of drug-likeness (QED) is 0.0436. The van der Waals surface area contributed by atoms with Crippen molar-refractivity contribution in [1.29, 1.82) is 0 Å². The number of H-pyrrole nitrogens is 1. The van der Waals surface area contributed by atoms with Crippen LogP contribution in [0.4, 0.5) is 26.3 Å². The molecule has 0 bridgehead atoms. The van der Waals surface area contributed by atoms with E-state index in [4.69, 9.17) is 50.3 Å². The molecule has 4 rings (SSSR count). The lowest BCUT2D eigenvalue weighted by atomic mass is 10.0. The summed E-state index contributed by atoms with van der Waals surface area (Å²) < 4.78 is 103. The summed E-state index contributed by atoms with van der Waals surface area (Å²) in [4.78, 5) is 34.5. The van der Waals surface area contributed by atoms with E-state index >= 15 is 0 Å². The molecular weight excluding hydrogens is 929 g/mol. The minimum absolute atomic E-state index is 0.00222. The van der Waals surface area contributed by atoms with E-state index in [0.29, 0.717) is 17.7 Å². The van der Waals surface area contributed by atoms with Crippen molar-refractivity contribution in [3.8, 4) is 0 Å². The predicted octanol–water partition coefficient (Wildman–Crippen LogP) is -2.49. The van der Waals surface area contributed by atoms with E-state index in [1.165, 1.54) is 6.92 Å². The molecular formula is C37H57F6N6O16P. The van der Waals surface area contributed by atoms with Crippen LogP contribution in [0.2, 0.25) is 0 Å². The van der Waals surface area contributed by atoms with Gasteiger partial charge in [-0.25, -0.2) is 9.36 Å². The SMILES string of the molecule is CNC[C@H](O)[C@@H](O)[C@H](O)[C@H](O)CO.CNC[C@H](O)[C@@H](O)[C@H](O)[C@H](O)CO.C[C@@H](O[C@@H]1OCCN(Cc2nn(P(=O)(O)O)c(=O)[nH]2)[C@@H]1c1ccccc1)c1cc(C(F)(F)F)cc(C(F)(F)F)c1. The molecule has 0 unspecified atom stereocenters. The summed E-state index contributed by atoms with van der Waals surface area (Å²) in [7, 11) is -1.88. The van der Waals surface area contributed by atoms with Crippen LogP contribution in [0.25, 0.3) is 0 Å². The number of benzene rings is 2. The number of rotatable bonds is 19. The molecule has 2 aromatic carbocycles. The number of aromatic nitrogens is 3. The number of nitrogens with one attached hydrogen (secondary N) is 3. The Morgan fingerprint density at radius 3 is 1.65 bits per heavy atom. The number of likely N-dealkylation sites (N-methyl/N-ethyl adjacent to an activating group) is 2. The summed E-state index contributed by atoms with van der Waals surface area (Å²) in [5.74, 6) is -0.101. The Morgan fingerprint density at radius 1 is 0.803 bits per heavy atom. The highest BCUT2D eigenvalue weighted by Gasteiger charge is 2.40. The first-order chi connectivity index (χ1) is 30.6. The second-order valence-corrected chi connectivity index (χ2v) is 16.1. The van der Waals surface area contributed by atoms with Crippen LogP contribution in [0, 0.1) is 0 Å². The van der Waals surface area contributed by atoms with E-state index < -0.39 is 117 Å². The van der Waals surface area contributed by atoms with Crippen molar-refractivity contribution < 1.29 is 101 Å². The van der Waals surface area contributed by atoms with Gasteiger partial charge in [-0.05, 0) is 50.3 Å². The zero-order valence-corrected chi connectivity index (χ0v) is 36.4. The lowest BCUT2D eigenvalue weighted by molar-refractivity contribution is -0.231. The number of morpholine rings is 1. The molecule has 1 aliphatic heterocycles. The number of alkyl halides is 6. The number of aliphatic hydroxyl groups is 10. The molecule has 0 saturated carbocycles. The van der Waals surface area contributed by atoms with E-state index in [1.807, 2.05) is 0 Å². The van der Waals surface area contributed by atoms with E-state index in [0.717, 1.165) is 0 Å². The molecule has 1 aliphatic rings. The molecule has 378 valence electrons. The third kappa shape index (κ3) is 17.5. The Balaban J connectivity index is 0.000000470. The fraction of sp³-hybridized carbons (Fsp3) is 0.622. The van der Waals surface area contributed by atoms with Crippen LogP contribution in [0.5, 0.6) is 0 Å². The minimum Gasteiger partial charge on any atom is -0.394 e. The molecule has 15 N–H and O–H groups in total. The molecule has 0 amide bonds. The van der Waals surface area contributed by atoms with Crippen molar-refractivity contribution in [2.75, 3.05) is 53.6 Å². The molecule has 0 spiro atoms. The smallest absolute Gasteiger partial charge is 0.394 e. The summed E-state index contributed by atoms with van der Waals surface area (Å²) in [6.07, 6.45) is -23.8. The average molecular weight is 987 g/mol. The van der Waals surface area contributed by atoms with Crippen LogP contribution in [0.15, 0.2) is 53.3 Å². The second kappa shape index (κ2) is 26.3. The second-order valence-electron chi connectivity index (χ2n) is 14.7. The zero-order chi connectivity index (χ0) is 50.3. The highest BCUT2D eigenvalue weighted by atomic mass is 31.2. The van der Waals surface area contributed by atoms with Crippen molar-refractivity contribution in [2.45, 2.75) is 93.1 Å². The molecule has 3 aromatic rings. The first kappa shape index (κ1) is 58.6. The molecule has 22 nitrogen and oxygen atoms in total. The van der Waals surface area contributed by atoms with Gasteiger partial charge >= 0.3 is 25.8 Å². The number of aliphatic hydroxyl groups excluding tert-OH is 10. The number of nitrogens with zero attached hydrogens (tertiary/aromatic N) is 3.